The molecule has 0 radical (unpaired) electrons. The van der Waals surface area contributed by atoms with Crippen LogP contribution in [0.3, 0.4) is 0 Å². The number of rotatable bonds is 4. The third-order valence-electron chi connectivity index (χ3n) is 3.70. The zero-order valence-corrected chi connectivity index (χ0v) is 10.4. The van der Waals surface area contributed by atoms with Crippen LogP contribution < -0.4 is 5.32 Å². The summed E-state index contributed by atoms with van der Waals surface area (Å²) in [7, 11) is 0. The molecule has 1 aromatic heterocycles. The molecule has 2 heterocycles. The molecular formula is C13H18N4O. The number of aromatic nitrogens is 2. The second kappa shape index (κ2) is 5.02. The second-order valence-electron chi connectivity index (χ2n) is 5.05. The fraction of sp³-hybridized carbons (Fsp3) is 0.615. The highest BCUT2D eigenvalue weighted by Gasteiger charge is 2.39. The van der Waals surface area contributed by atoms with Gasteiger partial charge in [-0.05, 0) is 38.3 Å². The fourth-order valence-corrected chi connectivity index (χ4v) is 2.63. The number of nitrogens with one attached hydrogen (secondary N) is 1. The third-order valence-corrected chi connectivity index (χ3v) is 3.70. The highest BCUT2D eigenvalue weighted by atomic mass is 16.2. The van der Waals surface area contributed by atoms with Crippen LogP contribution in [0.15, 0.2) is 18.6 Å². The molecular weight excluding hydrogens is 228 g/mol. The standard InChI is InChI=1S/C13H18N4O/c18-13(15-8-10-5-6-14-9-16-10)12-2-1-7-17(12)11-3-4-11/h5-6,9,11-12H,1-4,7-8H2,(H,15,18). The van der Waals surface area contributed by atoms with Gasteiger partial charge in [-0.15, -0.1) is 0 Å². The SMILES string of the molecule is O=C(NCc1ccncn1)C1CCCN1C1CC1. The predicted molar refractivity (Wildman–Crippen MR) is 66.6 cm³/mol. The molecule has 1 saturated carbocycles. The van der Waals surface area contributed by atoms with Crippen molar-refractivity contribution in [3.8, 4) is 0 Å². The molecule has 5 heteroatoms. The highest BCUT2D eigenvalue weighted by Crippen LogP contribution is 2.33. The number of amides is 1. The Morgan fingerprint density at radius 1 is 1.44 bits per heavy atom. The lowest BCUT2D eigenvalue weighted by Gasteiger charge is -2.23. The first-order valence-electron chi connectivity index (χ1n) is 6.63. The highest BCUT2D eigenvalue weighted by molar-refractivity contribution is 5.82. The number of carbonyl (C=O) groups excluding carboxylic acids is 1. The molecule has 1 aliphatic heterocycles. The lowest BCUT2D eigenvalue weighted by Crippen LogP contribution is -2.44. The second-order valence-corrected chi connectivity index (χ2v) is 5.05. The lowest BCUT2D eigenvalue weighted by molar-refractivity contribution is -0.125. The Hall–Kier alpha value is -1.49. The maximum absolute atomic E-state index is 12.2. The van der Waals surface area contributed by atoms with Crippen LogP contribution in [0.4, 0.5) is 0 Å². The van der Waals surface area contributed by atoms with Crippen molar-refractivity contribution in [2.45, 2.75) is 44.3 Å². The van der Waals surface area contributed by atoms with E-state index in [1.807, 2.05) is 6.07 Å². The summed E-state index contributed by atoms with van der Waals surface area (Å²) < 4.78 is 0. The number of hydrogen-bond acceptors (Lipinski definition) is 4. The zero-order valence-electron chi connectivity index (χ0n) is 10.4. The van der Waals surface area contributed by atoms with Crippen LogP contribution in [0.5, 0.6) is 0 Å². The quantitative estimate of drug-likeness (QED) is 0.850. The molecule has 3 rings (SSSR count). The van der Waals surface area contributed by atoms with E-state index in [0.29, 0.717) is 12.6 Å². The molecule has 96 valence electrons. The Morgan fingerprint density at radius 3 is 3.06 bits per heavy atom. The van der Waals surface area contributed by atoms with E-state index in [9.17, 15) is 4.79 Å². The van der Waals surface area contributed by atoms with Gasteiger partial charge < -0.3 is 5.32 Å². The summed E-state index contributed by atoms with van der Waals surface area (Å²) in [4.78, 5) is 22.5. The van der Waals surface area contributed by atoms with Crippen molar-refractivity contribution in [3.63, 3.8) is 0 Å². The minimum Gasteiger partial charge on any atom is -0.349 e. The lowest BCUT2D eigenvalue weighted by atomic mass is 10.2. The third kappa shape index (κ3) is 2.51. The van der Waals surface area contributed by atoms with Gasteiger partial charge >= 0.3 is 0 Å². The largest absolute Gasteiger partial charge is 0.349 e. The van der Waals surface area contributed by atoms with Crippen molar-refractivity contribution in [3.05, 3.63) is 24.3 Å². The Kier molecular flexibility index (Phi) is 3.23. The van der Waals surface area contributed by atoms with E-state index in [1.54, 1.807) is 6.20 Å². The average molecular weight is 246 g/mol. The molecule has 2 fully saturated rings. The van der Waals surface area contributed by atoms with E-state index >= 15 is 0 Å². The van der Waals surface area contributed by atoms with E-state index in [2.05, 4.69) is 20.2 Å². The molecule has 5 nitrogen and oxygen atoms in total. The molecule has 0 bridgehead atoms. The van der Waals surface area contributed by atoms with Gasteiger partial charge in [0.1, 0.15) is 6.33 Å². The van der Waals surface area contributed by atoms with Gasteiger partial charge in [-0.1, -0.05) is 0 Å². The number of carbonyl (C=O) groups is 1. The summed E-state index contributed by atoms with van der Waals surface area (Å²) in [5.74, 6) is 0.151. The van der Waals surface area contributed by atoms with Crippen molar-refractivity contribution in [2.75, 3.05) is 6.54 Å². The van der Waals surface area contributed by atoms with Crippen molar-refractivity contribution < 1.29 is 4.79 Å². The average Bonchev–Trinajstić information content (AvgIpc) is 3.14. The number of likely N-dealkylation sites (tertiary alicyclic amines) is 1. The van der Waals surface area contributed by atoms with E-state index in [4.69, 9.17) is 0 Å². The first-order valence-corrected chi connectivity index (χ1v) is 6.63. The molecule has 2 aliphatic rings. The van der Waals surface area contributed by atoms with Gasteiger partial charge in [-0.2, -0.15) is 0 Å². The molecule has 18 heavy (non-hydrogen) atoms. The summed E-state index contributed by atoms with van der Waals surface area (Å²) in [5.41, 5.74) is 0.856. The minimum absolute atomic E-state index is 0.0827. The summed E-state index contributed by atoms with van der Waals surface area (Å²) in [6.45, 7) is 1.58. The van der Waals surface area contributed by atoms with E-state index in [0.717, 1.165) is 25.1 Å². The summed E-state index contributed by atoms with van der Waals surface area (Å²) >= 11 is 0. The fourth-order valence-electron chi connectivity index (χ4n) is 2.63. The van der Waals surface area contributed by atoms with Crippen molar-refractivity contribution >= 4 is 5.91 Å². The molecule has 0 aromatic carbocycles. The van der Waals surface area contributed by atoms with Crippen LogP contribution in [0.2, 0.25) is 0 Å². The molecule has 1 aromatic rings. The van der Waals surface area contributed by atoms with Crippen molar-refractivity contribution in [1.29, 1.82) is 0 Å². The van der Waals surface area contributed by atoms with Gasteiger partial charge in [0.2, 0.25) is 5.91 Å². The molecule has 1 aliphatic carbocycles. The number of hydrogen-bond donors (Lipinski definition) is 1. The van der Waals surface area contributed by atoms with E-state index < -0.39 is 0 Å². The summed E-state index contributed by atoms with van der Waals surface area (Å²) in [5, 5.41) is 2.98. The Labute approximate surface area is 107 Å². The van der Waals surface area contributed by atoms with Gasteiger partial charge in [0, 0.05) is 12.2 Å². The van der Waals surface area contributed by atoms with Gasteiger partial charge in [0.05, 0.1) is 18.3 Å². The topological polar surface area (TPSA) is 58.1 Å². The van der Waals surface area contributed by atoms with E-state index in [-0.39, 0.29) is 11.9 Å². The summed E-state index contributed by atoms with van der Waals surface area (Å²) in [6.07, 6.45) is 7.85. The maximum atomic E-state index is 12.2. The van der Waals surface area contributed by atoms with Crippen LogP contribution >= 0.6 is 0 Å². The molecule has 1 unspecified atom stereocenters. The van der Waals surface area contributed by atoms with Crippen LogP contribution in [-0.2, 0) is 11.3 Å². The van der Waals surface area contributed by atoms with Gasteiger partial charge in [0.25, 0.3) is 0 Å². The minimum atomic E-state index is 0.0827. The molecule has 0 spiro atoms. The first-order chi connectivity index (χ1) is 8.84. The van der Waals surface area contributed by atoms with E-state index in [1.165, 1.54) is 19.2 Å². The molecule has 1 amide bonds. The van der Waals surface area contributed by atoms with Crippen LogP contribution in [0.1, 0.15) is 31.4 Å². The van der Waals surface area contributed by atoms with Crippen molar-refractivity contribution in [1.82, 2.24) is 20.2 Å². The number of nitrogens with zero attached hydrogens (tertiary/aromatic N) is 3. The Morgan fingerprint density at radius 2 is 2.33 bits per heavy atom. The van der Waals surface area contributed by atoms with Gasteiger partial charge in [-0.3, -0.25) is 9.69 Å². The Balaban J connectivity index is 1.54. The molecule has 1 atom stereocenters. The van der Waals surface area contributed by atoms with Crippen LogP contribution in [0, 0.1) is 0 Å². The predicted octanol–water partition coefficient (Wildman–Crippen LogP) is 0.720. The maximum Gasteiger partial charge on any atom is 0.237 e. The van der Waals surface area contributed by atoms with Gasteiger partial charge in [0.15, 0.2) is 0 Å². The molecule has 1 saturated heterocycles. The first kappa shape index (κ1) is 11.6. The summed E-state index contributed by atoms with van der Waals surface area (Å²) in [6, 6.07) is 2.58. The van der Waals surface area contributed by atoms with Gasteiger partial charge in [-0.25, -0.2) is 9.97 Å². The smallest absolute Gasteiger partial charge is 0.237 e. The Bertz CT molecular complexity index is 418. The molecule has 1 N–H and O–H groups in total. The van der Waals surface area contributed by atoms with Crippen LogP contribution in [0.25, 0.3) is 0 Å². The van der Waals surface area contributed by atoms with Crippen molar-refractivity contribution in [2.24, 2.45) is 0 Å². The monoisotopic (exact) mass is 246 g/mol. The zero-order chi connectivity index (χ0) is 12.4. The van der Waals surface area contributed by atoms with Crippen LogP contribution in [-0.4, -0.2) is 39.4 Å². The normalized spacial score (nSPS) is 24.1.